The molecule has 1 aromatic heterocycles. The van der Waals surface area contributed by atoms with Gasteiger partial charge in [0.05, 0.1) is 6.54 Å². The standard InChI is InChI=1S/C14H20N2O3S/c1-2-7-15-12(17)13(18)16-9-14(19,10-5-6-10)11-4-3-8-20-11/h3-4,8,10,19H,2,5-7,9H2,1H3,(H,15,17)(H,16,18). The molecule has 5 nitrogen and oxygen atoms in total. The molecular weight excluding hydrogens is 276 g/mol. The summed E-state index contributed by atoms with van der Waals surface area (Å²) >= 11 is 1.47. The molecular formula is C14H20N2O3S. The van der Waals surface area contributed by atoms with Crippen molar-refractivity contribution >= 4 is 23.2 Å². The van der Waals surface area contributed by atoms with Crippen LogP contribution in [0, 0.1) is 5.92 Å². The molecule has 1 aliphatic rings. The lowest BCUT2D eigenvalue weighted by Crippen LogP contribution is -2.47. The Labute approximate surface area is 122 Å². The van der Waals surface area contributed by atoms with E-state index in [9.17, 15) is 14.7 Å². The normalized spacial score (nSPS) is 17.3. The van der Waals surface area contributed by atoms with Gasteiger partial charge in [-0.3, -0.25) is 9.59 Å². The fraction of sp³-hybridized carbons (Fsp3) is 0.571. The Balaban J connectivity index is 1.93. The van der Waals surface area contributed by atoms with Crippen molar-refractivity contribution < 1.29 is 14.7 Å². The number of rotatable bonds is 6. The number of aliphatic hydroxyl groups is 1. The second-order valence-corrected chi connectivity index (χ2v) is 6.06. The van der Waals surface area contributed by atoms with Gasteiger partial charge in [-0.15, -0.1) is 11.3 Å². The third-order valence-corrected chi connectivity index (χ3v) is 4.50. The molecule has 1 saturated carbocycles. The number of nitrogens with one attached hydrogen (secondary N) is 2. The van der Waals surface area contributed by atoms with Crippen molar-refractivity contribution in [1.82, 2.24) is 10.6 Å². The molecule has 1 atom stereocenters. The highest BCUT2D eigenvalue weighted by molar-refractivity contribution is 7.10. The molecule has 0 radical (unpaired) electrons. The molecule has 3 N–H and O–H groups in total. The van der Waals surface area contributed by atoms with Gasteiger partial charge in [-0.2, -0.15) is 0 Å². The van der Waals surface area contributed by atoms with Crippen molar-refractivity contribution in [2.24, 2.45) is 5.92 Å². The van der Waals surface area contributed by atoms with E-state index in [4.69, 9.17) is 0 Å². The summed E-state index contributed by atoms with van der Waals surface area (Å²) in [5.74, 6) is -1.16. The van der Waals surface area contributed by atoms with Gasteiger partial charge < -0.3 is 15.7 Å². The van der Waals surface area contributed by atoms with E-state index < -0.39 is 17.4 Å². The van der Waals surface area contributed by atoms with Crippen LogP contribution in [0.2, 0.25) is 0 Å². The summed E-state index contributed by atoms with van der Waals surface area (Å²) < 4.78 is 0. The molecule has 0 spiro atoms. The van der Waals surface area contributed by atoms with Crippen LogP contribution in [0.15, 0.2) is 17.5 Å². The van der Waals surface area contributed by atoms with Crippen LogP contribution in [0.1, 0.15) is 31.1 Å². The van der Waals surface area contributed by atoms with Gasteiger partial charge in [0, 0.05) is 11.4 Å². The monoisotopic (exact) mass is 296 g/mol. The Hall–Kier alpha value is -1.40. The molecule has 2 amide bonds. The summed E-state index contributed by atoms with van der Waals surface area (Å²) in [5, 5.41) is 17.7. The molecule has 0 saturated heterocycles. The van der Waals surface area contributed by atoms with E-state index in [1.54, 1.807) is 0 Å². The first-order valence-electron chi connectivity index (χ1n) is 6.90. The summed E-state index contributed by atoms with van der Waals surface area (Å²) in [6.45, 7) is 2.47. The molecule has 110 valence electrons. The first-order valence-corrected chi connectivity index (χ1v) is 7.78. The molecule has 1 aliphatic carbocycles. The van der Waals surface area contributed by atoms with Crippen LogP contribution in [0.4, 0.5) is 0 Å². The largest absolute Gasteiger partial charge is 0.382 e. The van der Waals surface area contributed by atoms with E-state index in [-0.39, 0.29) is 12.5 Å². The molecule has 1 heterocycles. The fourth-order valence-electron chi connectivity index (χ4n) is 2.13. The molecule has 0 aromatic carbocycles. The van der Waals surface area contributed by atoms with Gasteiger partial charge >= 0.3 is 11.8 Å². The van der Waals surface area contributed by atoms with Gasteiger partial charge in [-0.05, 0) is 36.6 Å². The topological polar surface area (TPSA) is 78.4 Å². The highest BCUT2D eigenvalue weighted by Gasteiger charge is 2.46. The lowest BCUT2D eigenvalue weighted by atomic mass is 9.95. The second-order valence-electron chi connectivity index (χ2n) is 5.11. The van der Waals surface area contributed by atoms with Crippen LogP contribution in [-0.4, -0.2) is 30.0 Å². The molecule has 1 aromatic rings. The van der Waals surface area contributed by atoms with Gasteiger partial charge in [-0.25, -0.2) is 0 Å². The number of carbonyl (C=O) groups excluding carboxylic acids is 2. The second kappa shape index (κ2) is 6.37. The molecule has 20 heavy (non-hydrogen) atoms. The number of carbonyl (C=O) groups is 2. The Bertz CT molecular complexity index is 471. The van der Waals surface area contributed by atoms with Crippen molar-refractivity contribution in [3.05, 3.63) is 22.4 Å². The first kappa shape index (κ1) is 15.0. The first-order chi connectivity index (χ1) is 9.58. The highest BCUT2D eigenvalue weighted by atomic mass is 32.1. The van der Waals surface area contributed by atoms with Gasteiger partial charge in [-0.1, -0.05) is 13.0 Å². The number of hydrogen-bond donors (Lipinski definition) is 3. The zero-order valence-electron chi connectivity index (χ0n) is 11.5. The lowest BCUT2D eigenvalue weighted by molar-refractivity contribution is -0.140. The van der Waals surface area contributed by atoms with E-state index in [2.05, 4.69) is 10.6 Å². The fourth-order valence-corrected chi connectivity index (χ4v) is 3.04. The maximum Gasteiger partial charge on any atom is 0.309 e. The van der Waals surface area contributed by atoms with Crippen molar-refractivity contribution in [1.29, 1.82) is 0 Å². The Morgan fingerprint density at radius 2 is 2.10 bits per heavy atom. The van der Waals surface area contributed by atoms with Crippen LogP contribution in [0.5, 0.6) is 0 Å². The van der Waals surface area contributed by atoms with E-state index >= 15 is 0 Å². The van der Waals surface area contributed by atoms with E-state index in [0.717, 1.165) is 24.1 Å². The number of hydrogen-bond acceptors (Lipinski definition) is 4. The van der Waals surface area contributed by atoms with Gasteiger partial charge in [0.15, 0.2) is 0 Å². The highest BCUT2D eigenvalue weighted by Crippen LogP contribution is 2.46. The van der Waals surface area contributed by atoms with Crippen LogP contribution >= 0.6 is 11.3 Å². The minimum atomic E-state index is -1.05. The van der Waals surface area contributed by atoms with E-state index in [0.29, 0.717) is 6.54 Å². The molecule has 0 aliphatic heterocycles. The minimum absolute atomic E-state index is 0.0799. The molecule has 1 unspecified atom stereocenters. The summed E-state index contributed by atoms with van der Waals surface area (Å²) in [4.78, 5) is 24.0. The van der Waals surface area contributed by atoms with Crippen LogP contribution in [0.25, 0.3) is 0 Å². The van der Waals surface area contributed by atoms with Crippen molar-refractivity contribution in [3.63, 3.8) is 0 Å². The zero-order chi connectivity index (χ0) is 14.6. The predicted octanol–water partition coefficient (Wildman–Crippen LogP) is 0.988. The summed E-state index contributed by atoms with van der Waals surface area (Å²) in [6, 6.07) is 3.75. The Morgan fingerprint density at radius 1 is 1.40 bits per heavy atom. The van der Waals surface area contributed by atoms with Crippen molar-refractivity contribution in [2.75, 3.05) is 13.1 Å². The van der Waals surface area contributed by atoms with E-state index in [1.807, 2.05) is 24.4 Å². The molecule has 1 fully saturated rings. The maximum atomic E-state index is 11.7. The van der Waals surface area contributed by atoms with Crippen molar-refractivity contribution in [2.45, 2.75) is 31.8 Å². The summed E-state index contributed by atoms with van der Waals surface area (Å²) in [5.41, 5.74) is -1.05. The Kier molecular flexibility index (Phi) is 4.77. The quantitative estimate of drug-likeness (QED) is 0.685. The average molecular weight is 296 g/mol. The van der Waals surface area contributed by atoms with E-state index in [1.165, 1.54) is 11.3 Å². The van der Waals surface area contributed by atoms with Gasteiger partial charge in [0.1, 0.15) is 5.60 Å². The molecule has 2 rings (SSSR count). The smallest absolute Gasteiger partial charge is 0.309 e. The number of amides is 2. The minimum Gasteiger partial charge on any atom is -0.382 e. The van der Waals surface area contributed by atoms with Crippen molar-refractivity contribution in [3.8, 4) is 0 Å². The van der Waals surface area contributed by atoms with Crippen LogP contribution < -0.4 is 10.6 Å². The lowest BCUT2D eigenvalue weighted by Gasteiger charge is -2.27. The zero-order valence-corrected chi connectivity index (χ0v) is 12.3. The SMILES string of the molecule is CCCNC(=O)C(=O)NCC(O)(c1cccs1)C1CC1. The maximum absolute atomic E-state index is 11.7. The van der Waals surface area contributed by atoms with Gasteiger partial charge in [0.25, 0.3) is 0 Å². The predicted molar refractivity (Wildman–Crippen MR) is 77.3 cm³/mol. The Morgan fingerprint density at radius 3 is 2.65 bits per heavy atom. The van der Waals surface area contributed by atoms with Crippen LogP contribution in [-0.2, 0) is 15.2 Å². The third-order valence-electron chi connectivity index (χ3n) is 3.46. The third kappa shape index (κ3) is 3.37. The average Bonchev–Trinajstić information content (AvgIpc) is 3.17. The molecule has 6 heteroatoms. The summed E-state index contributed by atoms with van der Waals surface area (Å²) in [6.07, 6.45) is 2.68. The summed E-state index contributed by atoms with van der Waals surface area (Å²) in [7, 11) is 0. The van der Waals surface area contributed by atoms with Crippen LogP contribution in [0.3, 0.4) is 0 Å². The van der Waals surface area contributed by atoms with Gasteiger partial charge in [0.2, 0.25) is 0 Å². The molecule has 0 bridgehead atoms. The number of thiophene rings is 1.